The zero-order chi connectivity index (χ0) is 14.1. The summed E-state index contributed by atoms with van der Waals surface area (Å²) in [5, 5.41) is 0. The fraction of sp³-hybridized carbons (Fsp3) is 0.667. The Balaban J connectivity index is 1.66. The van der Waals surface area contributed by atoms with E-state index in [0.29, 0.717) is 12.6 Å². The number of benzene rings is 1. The van der Waals surface area contributed by atoms with E-state index in [9.17, 15) is 0 Å². The van der Waals surface area contributed by atoms with Crippen molar-refractivity contribution in [3.05, 3.63) is 35.4 Å². The largest absolute Gasteiger partial charge is 0.329 e. The van der Waals surface area contributed by atoms with Gasteiger partial charge in [-0.05, 0) is 56.6 Å². The number of likely N-dealkylation sites (N-methyl/N-ethyl adjacent to an activating group) is 1. The summed E-state index contributed by atoms with van der Waals surface area (Å²) in [4.78, 5) is 2.50. The molecule has 2 saturated carbocycles. The van der Waals surface area contributed by atoms with Crippen LogP contribution in [-0.2, 0) is 0 Å². The van der Waals surface area contributed by atoms with E-state index in [1.807, 2.05) is 0 Å². The first-order valence-electron chi connectivity index (χ1n) is 8.14. The van der Waals surface area contributed by atoms with Crippen molar-refractivity contribution in [3.8, 4) is 0 Å². The maximum atomic E-state index is 6.06. The number of nitrogens with zero attached hydrogens (tertiary/aromatic N) is 1. The Morgan fingerprint density at radius 1 is 1.30 bits per heavy atom. The van der Waals surface area contributed by atoms with Crippen molar-refractivity contribution in [1.29, 1.82) is 0 Å². The minimum atomic E-state index is 0.369. The van der Waals surface area contributed by atoms with Gasteiger partial charge in [-0.1, -0.05) is 36.2 Å². The molecule has 1 aromatic rings. The average Bonchev–Trinajstić information content (AvgIpc) is 3.02. The number of nitrogens with two attached hydrogens (primary N) is 1. The van der Waals surface area contributed by atoms with E-state index in [0.717, 1.165) is 17.8 Å². The van der Waals surface area contributed by atoms with E-state index in [1.54, 1.807) is 0 Å². The van der Waals surface area contributed by atoms with Crippen molar-refractivity contribution in [2.75, 3.05) is 20.1 Å². The molecule has 2 aliphatic carbocycles. The van der Waals surface area contributed by atoms with Crippen LogP contribution >= 0.6 is 0 Å². The van der Waals surface area contributed by atoms with Crippen LogP contribution in [0.25, 0.3) is 0 Å². The fourth-order valence-electron chi connectivity index (χ4n) is 4.55. The van der Waals surface area contributed by atoms with Crippen LogP contribution < -0.4 is 5.73 Å². The van der Waals surface area contributed by atoms with Crippen molar-refractivity contribution in [2.24, 2.45) is 23.5 Å². The van der Waals surface area contributed by atoms with Crippen molar-refractivity contribution < 1.29 is 0 Å². The maximum Gasteiger partial charge on any atom is 0.0467 e. The van der Waals surface area contributed by atoms with Crippen molar-refractivity contribution >= 4 is 0 Å². The van der Waals surface area contributed by atoms with E-state index >= 15 is 0 Å². The van der Waals surface area contributed by atoms with Crippen molar-refractivity contribution in [3.63, 3.8) is 0 Å². The third kappa shape index (κ3) is 2.77. The van der Waals surface area contributed by atoms with Gasteiger partial charge in [0, 0.05) is 19.1 Å². The van der Waals surface area contributed by atoms with E-state index in [2.05, 4.69) is 43.1 Å². The molecule has 2 nitrogen and oxygen atoms in total. The predicted molar refractivity (Wildman–Crippen MR) is 84.5 cm³/mol. The van der Waals surface area contributed by atoms with Gasteiger partial charge in [-0.3, -0.25) is 4.90 Å². The molecule has 0 radical (unpaired) electrons. The van der Waals surface area contributed by atoms with Crippen molar-refractivity contribution in [1.82, 2.24) is 4.90 Å². The molecule has 1 aromatic carbocycles. The zero-order valence-corrected chi connectivity index (χ0v) is 12.9. The van der Waals surface area contributed by atoms with Gasteiger partial charge in [-0.25, -0.2) is 0 Å². The standard InChI is InChI=1S/C18H28N2/c1-13-4-3-5-16(8-13)18(11-19)20(2)12-17-10-14-6-7-15(17)9-14/h3-5,8,14-15,17-18H,6-7,9-12,19H2,1-2H3. The molecule has 2 fully saturated rings. The molecule has 3 rings (SSSR count). The second kappa shape index (κ2) is 5.87. The highest BCUT2D eigenvalue weighted by Crippen LogP contribution is 2.48. The Morgan fingerprint density at radius 2 is 2.15 bits per heavy atom. The summed E-state index contributed by atoms with van der Waals surface area (Å²) in [5.41, 5.74) is 8.77. The molecule has 2 N–H and O–H groups in total. The molecular weight excluding hydrogens is 244 g/mol. The number of rotatable bonds is 5. The normalized spacial score (nSPS) is 30.1. The van der Waals surface area contributed by atoms with E-state index in [4.69, 9.17) is 5.73 Å². The Bertz CT molecular complexity index is 456. The average molecular weight is 272 g/mol. The molecule has 0 aliphatic heterocycles. The monoisotopic (exact) mass is 272 g/mol. The van der Waals surface area contributed by atoms with Crippen LogP contribution in [0.2, 0.25) is 0 Å². The molecule has 0 aromatic heterocycles. The quantitative estimate of drug-likeness (QED) is 0.890. The first-order chi connectivity index (χ1) is 9.67. The molecule has 20 heavy (non-hydrogen) atoms. The molecule has 2 bridgehead atoms. The van der Waals surface area contributed by atoms with Crippen LogP contribution in [0.1, 0.15) is 42.9 Å². The SMILES string of the molecule is Cc1cccc(C(CN)N(C)CC2CC3CCC2C3)c1. The summed E-state index contributed by atoms with van der Waals surface area (Å²) < 4.78 is 0. The van der Waals surface area contributed by atoms with Crippen LogP contribution in [0.5, 0.6) is 0 Å². The molecule has 0 amide bonds. The number of fused-ring (bicyclic) bond motifs is 2. The van der Waals surface area contributed by atoms with Gasteiger partial charge in [-0.15, -0.1) is 0 Å². The topological polar surface area (TPSA) is 29.3 Å². The summed E-state index contributed by atoms with van der Waals surface area (Å²) in [7, 11) is 2.26. The lowest BCUT2D eigenvalue weighted by Crippen LogP contribution is -2.35. The van der Waals surface area contributed by atoms with Gasteiger partial charge in [0.1, 0.15) is 0 Å². The zero-order valence-electron chi connectivity index (χ0n) is 12.9. The summed E-state index contributed by atoms with van der Waals surface area (Å²) in [6, 6.07) is 9.19. The molecule has 0 saturated heterocycles. The van der Waals surface area contributed by atoms with Gasteiger partial charge < -0.3 is 5.73 Å². The molecular formula is C18H28N2. The smallest absolute Gasteiger partial charge is 0.0467 e. The first-order valence-corrected chi connectivity index (χ1v) is 8.14. The summed E-state index contributed by atoms with van der Waals surface area (Å²) in [5.74, 6) is 2.95. The van der Waals surface area contributed by atoms with Crippen LogP contribution in [-0.4, -0.2) is 25.0 Å². The lowest BCUT2D eigenvalue weighted by atomic mass is 9.88. The molecule has 4 unspecified atom stereocenters. The van der Waals surface area contributed by atoms with E-state index in [-0.39, 0.29) is 0 Å². The van der Waals surface area contributed by atoms with E-state index < -0.39 is 0 Å². The highest BCUT2D eigenvalue weighted by atomic mass is 15.1. The minimum Gasteiger partial charge on any atom is -0.329 e. The van der Waals surface area contributed by atoms with Gasteiger partial charge in [-0.2, -0.15) is 0 Å². The molecule has 2 aliphatic rings. The second-order valence-electron chi connectivity index (χ2n) is 7.04. The van der Waals surface area contributed by atoms with Crippen LogP contribution in [0.15, 0.2) is 24.3 Å². The van der Waals surface area contributed by atoms with Crippen molar-refractivity contribution in [2.45, 2.75) is 38.6 Å². The predicted octanol–water partition coefficient (Wildman–Crippen LogP) is 3.36. The first kappa shape index (κ1) is 14.1. The number of hydrogen-bond donors (Lipinski definition) is 1. The summed E-state index contributed by atoms with van der Waals surface area (Å²) >= 11 is 0. The van der Waals surface area contributed by atoms with Crippen LogP contribution in [0.3, 0.4) is 0 Å². The third-order valence-electron chi connectivity index (χ3n) is 5.59. The van der Waals surface area contributed by atoms with Crippen LogP contribution in [0.4, 0.5) is 0 Å². The Hall–Kier alpha value is -0.860. The molecule has 4 atom stereocenters. The lowest BCUT2D eigenvalue weighted by Gasteiger charge is -2.32. The molecule has 0 heterocycles. The van der Waals surface area contributed by atoms with E-state index in [1.165, 1.54) is 43.4 Å². The summed E-state index contributed by atoms with van der Waals surface area (Å²) in [6.07, 6.45) is 5.92. The Morgan fingerprint density at radius 3 is 2.75 bits per heavy atom. The highest BCUT2D eigenvalue weighted by Gasteiger charge is 2.40. The van der Waals surface area contributed by atoms with Gasteiger partial charge in [0.05, 0.1) is 0 Å². The second-order valence-corrected chi connectivity index (χ2v) is 7.04. The van der Waals surface area contributed by atoms with Gasteiger partial charge >= 0.3 is 0 Å². The van der Waals surface area contributed by atoms with Gasteiger partial charge in [0.2, 0.25) is 0 Å². The maximum absolute atomic E-state index is 6.06. The Labute approximate surface area is 123 Å². The summed E-state index contributed by atoms with van der Waals surface area (Å²) in [6.45, 7) is 4.09. The molecule has 110 valence electrons. The highest BCUT2D eigenvalue weighted by molar-refractivity contribution is 5.25. The van der Waals surface area contributed by atoms with Crippen LogP contribution in [0, 0.1) is 24.7 Å². The minimum absolute atomic E-state index is 0.369. The Kier molecular flexibility index (Phi) is 4.13. The van der Waals surface area contributed by atoms with Gasteiger partial charge in [0.15, 0.2) is 0 Å². The van der Waals surface area contributed by atoms with Gasteiger partial charge in [0.25, 0.3) is 0 Å². The fourth-order valence-corrected chi connectivity index (χ4v) is 4.55. The molecule has 0 spiro atoms. The number of hydrogen-bond acceptors (Lipinski definition) is 2. The lowest BCUT2D eigenvalue weighted by molar-refractivity contribution is 0.176. The number of aryl methyl sites for hydroxylation is 1. The molecule has 2 heteroatoms. The third-order valence-corrected chi connectivity index (χ3v) is 5.59.